The lowest BCUT2D eigenvalue weighted by Gasteiger charge is -2.21. The molecule has 4 nitrogen and oxygen atoms in total. The zero-order chi connectivity index (χ0) is 13.9. The summed E-state index contributed by atoms with van der Waals surface area (Å²) in [5.41, 5.74) is 2.27. The van der Waals surface area contributed by atoms with Crippen LogP contribution in [-0.4, -0.2) is 25.7 Å². The Labute approximate surface area is 127 Å². The first kappa shape index (κ1) is 13.9. The van der Waals surface area contributed by atoms with E-state index in [-0.39, 0.29) is 11.8 Å². The van der Waals surface area contributed by atoms with Crippen LogP contribution < -0.4 is 10.1 Å². The Morgan fingerprint density at radius 3 is 2.90 bits per heavy atom. The molecule has 0 spiro atoms. The number of carbonyl (C=O) groups is 1. The Morgan fingerprint density at radius 2 is 2.10 bits per heavy atom. The van der Waals surface area contributed by atoms with Crippen LogP contribution in [0.1, 0.15) is 24.0 Å². The summed E-state index contributed by atoms with van der Waals surface area (Å²) in [6.45, 7) is 2.63. The van der Waals surface area contributed by atoms with E-state index < -0.39 is 0 Å². The van der Waals surface area contributed by atoms with E-state index in [0.29, 0.717) is 19.8 Å². The zero-order valence-corrected chi connectivity index (χ0v) is 12.9. The second-order valence-electron chi connectivity index (χ2n) is 5.26. The molecule has 108 valence electrons. The molecule has 0 bridgehead atoms. The Bertz CT molecular complexity index is 512. The molecule has 2 aliphatic rings. The maximum Gasteiger partial charge on any atom is 0.223 e. The third kappa shape index (κ3) is 2.99. The van der Waals surface area contributed by atoms with Crippen molar-refractivity contribution in [1.82, 2.24) is 5.32 Å². The molecule has 1 aromatic rings. The van der Waals surface area contributed by atoms with Crippen LogP contribution in [0.5, 0.6) is 5.75 Å². The van der Waals surface area contributed by atoms with Gasteiger partial charge in [0.15, 0.2) is 0 Å². The first-order chi connectivity index (χ1) is 9.74. The fourth-order valence-electron chi connectivity index (χ4n) is 2.76. The van der Waals surface area contributed by atoms with E-state index in [9.17, 15) is 4.79 Å². The van der Waals surface area contributed by atoms with Crippen LogP contribution in [-0.2, 0) is 22.5 Å². The number of nitrogens with one attached hydrogen (secondary N) is 1. The Hall–Kier alpha value is -1.07. The van der Waals surface area contributed by atoms with Gasteiger partial charge >= 0.3 is 0 Å². The molecule has 1 saturated heterocycles. The van der Waals surface area contributed by atoms with Gasteiger partial charge in [0.2, 0.25) is 5.91 Å². The molecular formula is C15H18BrNO3. The van der Waals surface area contributed by atoms with Gasteiger partial charge in [-0.15, -0.1) is 0 Å². The number of halogens is 1. The maximum absolute atomic E-state index is 12.1. The van der Waals surface area contributed by atoms with Crippen molar-refractivity contribution in [3.63, 3.8) is 0 Å². The lowest BCUT2D eigenvalue weighted by atomic mass is 9.99. The van der Waals surface area contributed by atoms with Crippen molar-refractivity contribution in [3.05, 3.63) is 27.7 Å². The van der Waals surface area contributed by atoms with E-state index in [1.165, 1.54) is 5.56 Å². The number of fused-ring (bicyclic) bond motifs is 1. The molecule has 3 rings (SSSR count). The second kappa shape index (κ2) is 6.14. The SMILES string of the molecule is O=C(NCc1cc(Br)cc2c1OCC2)C1CCOCC1. The number of benzene rings is 1. The zero-order valence-electron chi connectivity index (χ0n) is 11.3. The molecule has 1 fully saturated rings. The minimum Gasteiger partial charge on any atom is -0.493 e. The van der Waals surface area contributed by atoms with Crippen molar-refractivity contribution in [2.75, 3.05) is 19.8 Å². The number of amides is 1. The molecule has 1 amide bonds. The number of hydrogen-bond acceptors (Lipinski definition) is 3. The minimum atomic E-state index is 0.0878. The largest absolute Gasteiger partial charge is 0.493 e. The topological polar surface area (TPSA) is 47.6 Å². The third-order valence-corrected chi connectivity index (χ3v) is 4.33. The van der Waals surface area contributed by atoms with Crippen molar-refractivity contribution in [2.24, 2.45) is 5.92 Å². The van der Waals surface area contributed by atoms with Crippen molar-refractivity contribution >= 4 is 21.8 Å². The highest BCUT2D eigenvalue weighted by Crippen LogP contribution is 2.33. The van der Waals surface area contributed by atoms with Gasteiger partial charge in [-0.25, -0.2) is 0 Å². The summed E-state index contributed by atoms with van der Waals surface area (Å²) >= 11 is 3.51. The number of carbonyl (C=O) groups excluding carboxylic acids is 1. The summed E-state index contributed by atoms with van der Waals surface area (Å²) in [6.07, 6.45) is 2.58. The quantitative estimate of drug-likeness (QED) is 0.919. The molecule has 2 aliphatic heterocycles. The monoisotopic (exact) mass is 339 g/mol. The lowest BCUT2D eigenvalue weighted by molar-refractivity contribution is -0.128. The highest BCUT2D eigenvalue weighted by molar-refractivity contribution is 9.10. The molecule has 0 saturated carbocycles. The molecule has 0 radical (unpaired) electrons. The van der Waals surface area contributed by atoms with Crippen LogP contribution in [0.25, 0.3) is 0 Å². The molecule has 1 N–H and O–H groups in total. The van der Waals surface area contributed by atoms with E-state index >= 15 is 0 Å². The molecule has 0 unspecified atom stereocenters. The summed E-state index contributed by atoms with van der Waals surface area (Å²) < 4.78 is 12.0. The van der Waals surface area contributed by atoms with Gasteiger partial charge in [0.25, 0.3) is 0 Å². The van der Waals surface area contributed by atoms with Gasteiger partial charge in [0.1, 0.15) is 5.75 Å². The molecule has 20 heavy (non-hydrogen) atoms. The third-order valence-electron chi connectivity index (χ3n) is 3.87. The highest BCUT2D eigenvalue weighted by atomic mass is 79.9. The normalized spacial score (nSPS) is 18.4. The van der Waals surface area contributed by atoms with Gasteiger partial charge in [0, 0.05) is 42.1 Å². The highest BCUT2D eigenvalue weighted by Gasteiger charge is 2.22. The molecule has 2 heterocycles. The van der Waals surface area contributed by atoms with Crippen molar-refractivity contribution < 1.29 is 14.3 Å². The van der Waals surface area contributed by atoms with E-state index in [2.05, 4.69) is 27.3 Å². The Kier molecular flexibility index (Phi) is 4.27. The summed E-state index contributed by atoms with van der Waals surface area (Å²) in [5.74, 6) is 1.16. The van der Waals surface area contributed by atoms with Gasteiger partial charge < -0.3 is 14.8 Å². The Morgan fingerprint density at radius 1 is 1.30 bits per heavy atom. The molecule has 1 aromatic carbocycles. The van der Waals surface area contributed by atoms with Gasteiger partial charge in [0.05, 0.1) is 6.61 Å². The lowest BCUT2D eigenvalue weighted by Crippen LogP contribution is -2.33. The fourth-order valence-corrected chi connectivity index (χ4v) is 3.32. The summed E-state index contributed by atoms with van der Waals surface area (Å²) in [4.78, 5) is 12.1. The summed E-state index contributed by atoms with van der Waals surface area (Å²) in [5, 5.41) is 3.03. The van der Waals surface area contributed by atoms with Crippen LogP contribution in [0.15, 0.2) is 16.6 Å². The maximum atomic E-state index is 12.1. The minimum absolute atomic E-state index is 0.0878. The van der Waals surface area contributed by atoms with Gasteiger partial charge in [-0.1, -0.05) is 15.9 Å². The smallest absolute Gasteiger partial charge is 0.223 e. The average molecular weight is 340 g/mol. The fraction of sp³-hybridized carbons (Fsp3) is 0.533. The van der Waals surface area contributed by atoms with Crippen molar-refractivity contribution in [1.29, 1.82) is 0 Å². The Balaban J connectivity index is 1.65. The van der Waals surface area contributed by atoms with E-state index in [0.717, 1.165) is 41.7 Å². The van der Waals surface area contributed by atoms with Crippen molar-refractivity contribution in [3.8, 4) is 5.75 Å². The molecular weight excluding hydrogens is 322 g/mol. The van der Waals surface area contributed by atoms with Crippen LogP contribution in [0.3, 0.4) is 0 Å². The first-order valence-corrected chi connectivity index (χ1v) is 7.83. The van der Waals surface area contributed by atoms with E-state index in [4.69, 9.17) is 9.47 Å². The predicted molar refractivity (Wildman–Crippen MR) is 78.7 cm³/mol. The predicted octanol–water partition coefficient (Wildman–Crippen LogP) is 2.43. The van der Waals surface area contributed by atoms with E-state index in [1.54, 1.807) is 0 Å². The van der Waals surface area contributed by atoms with Crippen molar-refractivity contribution in [2.45, 2.75) is 25.8 Å². The number of hydrogen-bond donors (Lipinski definition) is 1. The number of ether oxygens (including phenoxy) is 2. The summed E-state index contributed by atoms with van der Waals surface area (Å²) in [7, 11) is 0. The van der Waals surface area contributed by atoms with Crippen LogP contribution in [0.2, 0.25) is 0 Å². The van der Waals surface area contributed by atoms with Gasteiger partial charge in [-0.3, -0.25) is 4.79 Å². The summed E-state index contributed by atoms with van der Waals surface area (Å²) in [6, 6.07) is 4.11. The second-order valence-corrected chi connectivity index (χ2v) is 6.17. The molecule has 0 aromatic heterocycles. The van der Waals surface area contributed by atoms with E-state index in [1.807, 2.05) is 6.07 Å². The molecule has 0 atom stereocenters. The number of rotatable bonds is 3. The standard InChI is InChI=1S/C15H18BrNO3/c16-13-7-11-3-6-20-14(11)12(8-13)9-17-15(18)10-1-4-19-5-2-10/h7-8,10H,1-6,9H2,(H,17,18). The van der Waals surface area contributed by atoms with Crippen LogP contribution >= 0.6 is 15.9 Å². The van der Waals surface area contributed by atoms with Gasteiger partial charge in [-0.2, -0.15) is 0 Å². The first-order valence-electron chi connectivity index (χ1n) is 7.03. The van der Waals surface area contributed by atoms with Crippen LogP contribution in [0, 0.1) is 5.92 Å². The average Bonchev–Trinajstić information content (AvgIpc) is 2.93. The van der Waals surface area contributed by atoms with Gasteiger partial charge in [-0.05, 0) is 30.5 Å². The molecule has 0 aliphatic carbocycles. The van der Waals surface area contributed by atoms with Crippen LogP contribution in [0.4, 0.5) is 0 Å². The molecule has 5 heteroatoms.